The molecule has 0 atom stereocenters. The summed E-state index contributed by atoms with van der Waals surface area (Å²) in [7, 11) is 4.15. The molecule has 20 heavy (non-hydrogen) atoms. The molecule has 0 amide bonds. The van der Waals surface area contributed by atoms with E-state index in [-0.39, 0.29) is 11.3 Å². The lowest BCUT2D eigenvalue weighted by Gasteiger charge is -2.08. The lowest BCUT2D eigenvalue weighted by molar-refractivity contribution is 0.0693. The van der Waals surface area contributed by atoms with E-state index in [0.717, 1.165) is 6.54 Å². The number of rotatable bonds is 3. The molecule has 0 heterocycles. The second kappa shape index (κ2) is 7.96. The van der Waals surface area contributed by atoms with Crippen molar-refractivity contribution in [1.29, 1.82) is 0 Å². The lowest BCUT2D eigenvalue weighted by Crippen LogP contribution is -2.10. The average molecular weight is 273 g/mol. The summed E-state index contributed by atoms with van der Waals surface area (Å²) in [6.07, 6.45) is 0. The molecule has 0 aliphatic heterocycles. The smallest absolute Gasteiger partial charge is 0.339 e. The Morgan fingerprint density at radius 2 is 1.55 bits per heavy atom. The molecule has 4 nitrogen and oxygen atoms in total. The topological polar surface area (TPSA) is 60.8 Å². The van der Waals surface area contributed by atoms with Gasteiger partial charge in [-0.2, -0.15) is 0 Å². The van der Waals surface area contributed by atoms with Crippen molar-refractivity contribution in [2.45, 2.75) is 6.54 Å². The molecular formula is C16H19NO3. The Hall–Kier alpha value is -2.33. The maximum absolute atomic E-state index is 10.3. The Kier molecular flexibility index (Phi) is 6.26. The highest BCUT2D eigenvalue weighted by molar-refractivity contribution is 5.90. The van der Waals surface area contributed by atoms with Gasteiger partial charge in [-0.15, -0.1) is 0 Å². The predicted molar refractivity (Wildman–Crippen MR) is 78.9 cm³/mol. The molecule has 2 rings (SSSR count). The number of aromatic hydroxyl groups is 1. The quantitative estimate of drug-likeness (QED) is 0.902. The van der Waals surface area contributed by atoms with Crippen LogP contribution in [0.1, 0.15) is 15.9 Å². The van der Waals surface area contributed by atoms with Crippen LogP contribution in [0.3, 0.4) is 0 Å². The van der Waals surface area contributed by atoms with Crippen molar-refractivity contribution >= 4 is 5.97 Å². The van der Waals surface area contributed by atoms with Gasteiger partial charge in [0.05, 0.1) is 0 Å². The average Bonchev–Trinajstić information content (AvgIpc) is 2.40. The molecule has 0 saturated carbocycles. The number of carboxylic acid groups (broad SMARTS) is 1. The van der Waals surface area contributed by atoms with Crippen molar-refractivity contribution in [3.8, 4) is 5.75 Å². The maximum atomic E-state index is 10.3. The van der Waals surface area contributed by atoms with Gasteiger partial charge in [-0.05, 0) is 31.8 Å². The summed E-state index contributed by atoms with van der Waals surface area (Å²) in [5, 5.41) is 17.3. The fourth-order valence-electron chi connectivity index (χ4n) is 1.60. The third-order valence-corrected chi connectivity index (χ3v) is 2.48. The molecule has 0 aliphatic carbocycles. The minimum Gasteiger partial charge on any atom is -0.507 e. The first-order valence-electron chi connectivity index (χ1n) is 6.20. The Morgan fingerprint density at radius 1 is 1.00 bits per heavy atom. The lowest BCUT2D eigenvalue weighted by atomic mass is 10.2. The van der Waals surface area contributed by atoms with Crippen LogP contribution in [0.25, 0.3) is 0 Å². The van der Waals surface area contributed by atoms with Crippen molar-refractivity contribution in [2.75, 3.05) is 14.1 Å². The molecule has 2 N–H and O–H groups in total. The van der Waals surface area contributed by atoms with E-state index in [0.29, 0.717) is 0 Å². The molecule has 0 radical (unpaired) electrons. The normalized spacial score (nSPS) is 9.75. The van der Waals surface area contributed by atoms with E-state index in [1.807, 2.05) is 6.07 Å². The van der Waals surface area contributed by atoms with Crippen molar-refractivity contribution < 1.29 is 15.0 Å². The van der Waals surface area contributed by atoms with Crippen molar-refractivity contribution in [1.82, 2.24) is 4.90 Å². The van der Waals surface area contributed by atoms with Gasteiger partial charge in [0.2, 0.25) is 0 Å². The summed E-state index contributed by atoms with van der Waals surface area (Å²) in [6.45, 7) is 1.03. The van der Waals surface area contributed by atoms with E-state index < -0.39 is 5.97 Å². The van der Waals surface area contributed by atoms with Crippen LogP contribution in [0.4, 0.5) is 0 Å². The van der Waals surface area contributed by atoms with Crippen molar-refractivity contribution in [2.24, 2.45) is 0 Å². The highest BCUT2D eigenvalue weighted by Gasteiger charge is 2.05. The first-order valence-corrected chi connectivity index (χ1v) is 6.20. The first-order chi connectivity index (χ1) is 9.50. The number of phenols is 1. The monoisotopic (exact) mass is 273 g/mol. The van der Waals surface area contributed by atoms with Gasteiger partial charge in [0.25, 0.3) is 0 Å². The standard InChI is InChI=1S/C9H13N.C7H6O3/c1-10(2)8-9-6-4-3-5-7-9;8-6-4-2-1-3-5(6)7(9)10/h3-7H,8H2,1-2H3;1-4,8H,(H,9,10). The summed E-state index contributed by atoms with van der Waals surface area (Å²) >= 11 is 0. The summed E-state index contributed by atoms with van der Waals surface area (Å²) < 4.78 is 0. The maximum Gasteiger partial charge on any atom is 0.339 e. The molecule has 0 saturated heterocycles. The Labute approximate surface area is 118 Å². The van der Waals surface area contributed by atoms with Crippen LogP contribution in [0.2, 0.25) is 0 Å². The summed E-state index contributed by atoms with van der Waals surface area (Å²) in [4.78, 5) is 12.4. The van der Waals surface area contributed by atoms with E-state index in [2.05, 4.69) is 43.3 Å². The van der Waals surface area contributed by atoms with E-state index in [1.165, 1.54) is 17.7 Å². The zero-order valence-electron chi connectivity index (χ0n) is 11.7. The van der Waals surface area contributed by atoms with Gasteiger partial charge in [-0.25, -0.2) is 4.79 Å². The van der Waals surface area contributed by atoms with Crippen LogP contribution in [0, 0.1) is 0 Å². The van der Waals surface area contributed by atoms with Gasteiger partial charge in [0.15, 0.2) is 0 Å². The zero-order chi connectivity index (χ0) is 15.0. The first kappa shape index (κ1) is 15.7. The molecule has 106 valence electrons. The summed E-state index contributed by atoms with van der Waals surface area (Å²) in [5.74, 6) is -1.31. The fourth-order valence-corrected chi connectivity index (χ4v) is 1.60. The molecule has 0 spiro atoms. The van der Waals surface area contributed by atoms with Gasteiger partial charge < -0.3 is 15.1 Å². The SMILES string of the molecule is CN(C)Cc1ccccc1.O=C(O)c1ccccc1O. The predicted octanol–water partition coefficient (Wildman–Crippen LogP) is 2.84. The van der Waals surface area contributed by atoms with E-state index in [9.17, 15) is 4.79 Å². The highest BCUT2D eigenvalue weighted by atomic mass is 16.4. The van der Waals surface area contributed by atoms with Crippen molar-refractivity contribution in [3.05, 3.63) is 65.7 Å². The van der Waals surface area contributed by atoms with Gasteiger partial charge in [-0.3, -0.25) is 0 Å². The van der Waals surface area contributed by atoms with Gasteiger partial charge in [-0.1, -0.05) is 42.5 Å². The molecule has 2 aromatic rings. The number of aromatic carboxylic acids is 1. The van der Waals surface area contributed by atoms with Crippen molar-refractivity contribution in [3.63, 3.8) is 0 Å². The minimum atomic E-state index is -1.11. The highest BCUT2D eigenvalue weighted by Crippen LogP contribution is 2.14. The fraction of sp³-hybridized carbons (Fsp3) is 0.188. The number of carboxylic acids is 1. The molecular weight excluding hydrogens is 254 g/mol. The Morgan fingerprint density at radius 3 is 2.00 bits per heavy atom. The van der Waals surface area contributed by atoms with Gasteiger partial charge in [0, 0.05) is 6.54 Å². The molecule has 0 bridgehead atoms. The number of benzene rings is 2. The molecule has 2 aromatic carbocycles. The number of hydrogen-bond donors (Lipinski definition) is 2. The molecule has 4 heteroatoms. The van der Waals surface area contributed by atoms with Crippen LogP contribution < -0.4 is 0 Å². The third-order valence-electron chi connectivity index (χ3n) is 2.48. The number of nitrogens with zero attached hydrogens (tertiary/aromatic N) is 1. The van der Waals surface area contributed by atoms with Gasteiger partial charge >= 0.3 is 5.97 Å². The molecule has 0 fully saturated rings. The van der Waals surface area contributed by atoms with Crippen LogP contribution in [0.5, 0.6) is 5.75 Å². The molecule has 0 unspecified atom stereocenters. The van der Waals surface area contributed by atoms with Crippen LogP contribution in [-0.2, 0) is 6.54 Å². The number of hydrogen-bond acceptors (Lipinski definition) is 3. The minimum absolute atomic E-state index is 0.0671. The third kappa shape index (κ3) is 5.54. The Balaban J connectivity index is 0.000000200. The number of para-hydroxylation sites is 1. The summed E-state index contributed by atoms with van der Waals surface area (Å²) in [5.41, 5.74) is 1.30. The second-order valence-electron chi connectivity index (χ2n) is 4.55. The largest absolute Gasteiger partial charge is 0.507 e. The van der Waals surface area contributed by atoms with Gasteiger partial charge in [0.1, 0.15) is 11.3 Å². The zero-order valence-corrected chi connectivity index (χ0v) is 11.7. The molecule has 0 aromatic heterocycles. The van der Waals surface area contributed by atoms with E-state index in [4.69, 9.17) is 10.2 Å². The van der Waals surface area contributed by atoms with Crippen LogP contribution in [-0.4, -0.2) is 35.2 Å². The Bertz CT molecular complexity index is 538. The summed E-state index contributed by atoms with van der Waals surface area (Å²) in [6, 6.07) is 16.3. The molecule has 0 aliphatic rings. The van der Waals surface area contributed by atoms with Crippen LogP contribution >= 0.6 is 0 Å². The van der Waals surface area contributed by atoms with E-state index in [1.54, 1.807) is 12.1 Å². The van der Waals surface area contributed by atoms with E-state index >= 15 is 0 Å². The number of carbonyl (C=O) groups is 1. The second-order valence-corrected chi connectivity index (χ2v) is 4.55. The van der Waals surface area contributed by atoms with Crippen LogP contribution in [0.15, 0.2) is 54.6 Å².